The Bertz CT molecular complexity index is 841. The van der Waals surface area contributed by atoms with E-state index in [1.54, 1.807) is 18.2 Å². The molecule has 0 bridgehead atoms. The van der Waals surface area contributed by atoms with Gasteiger partial charge in [0.05, 0.1) is 11.3 Å². The van der Waals surface area contributed by atoms with Crippen molar-refractivity contribution in [2.24, 2.45) is 5.92 Å². The molecule has 0 aromatic heterocycles. The molecule has 0 spiro atoms. The molecule has 120 valence electrons. The van der Waals surface area contributed by atoms with E-state index in [4.69, 9.17) is 14.7 Å². The van der Waals surface area contributed by atoms with Gasteiger partial charge >= 0.3 is 0 Å². The van der Waals surface area contributed by atoms with E-state index in [0.29, 0.717) is 24.5 Å². The molecule has 4 rings (SSSR count). The van der Waals surface area contributed by atoms with E-state index in [0.717, 1.165) is 23.5 Å². The first-order valence-corrected chi connectivity index (χ1v) is 7.96. The second kappa shape index (κ2) is 5.89. The number of rotatable bonds is 3. The number of para-hydroxylation sites is 1. The lowest BCUT2D eigenvalue weighted by molar-refractivity contribution is -0.117. The number of nitrogens with one attached hydrogen (secondary N) is 1. The molecule has 1 fully saturated rings. The summed E-state index contributed by atoms with van der Waals surface area (Å²) in [6.07, 6.45) is 0.806. The fourth-order valence-electron chi connectivity index (χ4n) is 3.06. The fourth-order valence-corrected chi connectivity index (χ4v) is 3.06. The van der Waals surface area contributed by atoms with Gasteiger partial charge in [-0.2, -0.15) is 5.26 Å². The molecule has 1 saturated carbocycles. The second-order valence-electron chi connectivity index (χ2n) is 6.00. The summed E-state index contributed by atoms with van der Waals surface area (Å²) in [6.45, 7) is 1.12. The number of hydrogen-bond donors (Lipinski definition) is 1. The van der Waals surface area contributed by atoms with Crippen molar-refractivity contribution in [3.05, 3.63) is 53.6 Å². The monoisotopic (exact) mass is 320 g/mol. The maximum atomic E-state index is 12.4. The van der Waals surface area contributed by atoms with Crippen LogP contribution in [0.1, 0.15) is 23.5 Å². The summed E-state index contributed by atoms with van der Waals surface area (Å²) >= 11 is 0. The second-order valence-corrected chi connectivity index (χ2v) is 6.00. The predicted octanol–water partition coefficient (Wildman–Crippen LogP) is 3.07. The van der Waals surface area contributed by atoms with Crippen molar-refractivity contribution in [1.82, 2.24) is 0 Å². The molecule has 1 aliphatic heterocycles. The Morgan fingerprint density at radius 1 is 1.12 bits per heavy atom. The van der Waals surface area contributed by atoms with Gasteiger partial charge in [-0.25, -0.2) is 0 Å². The highest BCUT2D eigenvalue weighted by atomic mass is 16.6. The van der Waals surface area contributed by atoms with Gasteiger partial charge in [-0.3, -0.25) is 4.79 Å². The van der Waals surface area contributed by atoms with E-state index in [2.05, 4.69) is 11.4 Å². The van der Waals surface area contributed by atoms with Crippen LogP contribution in [0, 0.1) is 17.2 Å². The van der Waals surface area contributed by atoms with Crippen LogP contribution in [0.4, 0.5) is 5.69 Å². The summed E-state index contributed by atoms with van der Waals surface area (Å²) in [5.74, 6) is 1.58. The molecule has 1 amide bonds. The minimum Gasteiger partial charge on any atom is -0.486 e. The predicted molar refractivity (Wildman–Crippen MR) is 88.1 cm³/mol. The Kier molecular flexibility index (Phi) is 3.58. The molecule has 2 aromatic rings. The van der Waals surface area contributed by atoms with Crippen LogP contribution in [-0.2, 0) is 4.79 Å². The zero-order valence-corrected chi connectivity index (χ0v) is 13.0. The van der Waals surface area contributed by atoms with Crippen LogP contribution >= 0.6 is 0 Å². The van der Waals surface area contributed by atoms with Crippen LogP contribution in [0.2, 0.25) is 0 Å². The van der Waals surface area contributed by atoms with Crippen LogP contribution in [0.25, 0.3) is 0 Å². The Hall–Kier alpha value is -3.00. The van der Waals surface area contributed by atoms with Crippen LogP contribution in [0.15, 0.2) is 42.5 Å². The lowest BCUT2D eigenvalue weighted by Gasteiger charge is -2.18. The Balaban J connectivity index is 1.46. The van der Waals surface area contributed by atoms with Crippen molar-refractivity contribution in [3.63, 3.8) is 0 Å². The average molecular weight is 320 g/mol. The third kappa shape index (κ3) is 2.67. The number of carbonyl (C=O) groups is 1. The molecule has 5 nitrogen and oxygen atoms in total. The van der Waals surface area contributed by atoms with Gasteiger partial charge < -0.3 is 14.8 Å². The lowest BCUT2D eigenvalue weighted by atomic mass is 10.1. The number of anilines is 1. The first kappa shape index (κ1) is 14.6. The molecule has 1 N–H and O–H groups in total. The van der Waals surface area contributed by atoms with E-state index >= 15 is 0 Å². The van der Waals surface area contributed by atoms with Crippen LogP contribution in [0.3, 0.4) is 0 Å². The summed E-state index contributed by atoms with van der Waals surface area (Å²) in [7, 11) is 0. The van der Waals surface area contributed by atoms with Gasteiger partial charge in [0.15, 0.2) is 11.5 Å². The smallest absolute Gasteiger partial charge is 0.228 e. The topological polar surface area (TPSA) is 71.4 Å². The summed E-state index contributed by atoms with van der Waals surface area (Å²) in [6, 6.07) is 15.0. The van der Waals surface area contributed by atoms with Crippen molar-refractivity contribution < 1.29 is 14.3 Å². The molecule has 0 unspecified atom stereocenters. The molecule has 1 heterocycles. The molecular weight excluding hydrogens is 304 g/mol. The summed E-state index contributed by atoms with van der Waals surface area (Å²) in [5, 5.41) is 12.0. The third-order valence-electron chi connectivity index (χ3n) is 4.43. The number of ether oxygens (including phenoxy) is 2. The van der Waals surface area contributed by atoms with E-state index in [1.807, 2.05) is 24.3 Å². The number of benzene rings is 2. The van der Waals surface area contributed by atoms with Gasteiger partial charge in [-0.05, 0) is 42.2 Å². The normalized spacial score (nSPS) is 20.8. The molecule has 2 aliphatic rings. The Morgan fingerprint density at radius 3 is 2.75 bits per heavy atom. The van der Waals surface area contributed by atoms with Gasteiger partial charge in [-0.1, -0.05) is 18.2 Å². The molecule has 0 radical (unpaired) electrons. The van der Waals surface area contributed by atoms with Crippen LogP contribution < -0.4 is 14.8 Å². The van der Waals surface area contributed by atoms with E-state index in [9.17, 15) is 4.79 Å². The minimum absolute atomic E-state index is 0.0439. The number of fused-ring (bicyclic) bond motifs is 1. The molecule has 24 heavy (non-hydrogen) atoms. The first-order chi connectivity index (χ1) is 11.8. The highest BCUT2D eigenvalue weighted by molar-refractivity contribution is 5.96. The van der Waals surface area contributed by atoms with Gasteiger partial charge in [0.2, 0.25) is 5.91 Å². The van der Waals surface area contributed by atoms with Crippen LogP contribution in [-0.4, -0.2) is 19.1 Å². The Labute approximate surface area is 139 Å². The number of nitriles is 1. The third-order valence-corrected chi connectivity index (χ3v) is 4.43. The summed E-state index contributed by atoms with van der Waals surface area (Å²) in [5.41, 5.74) is 2.13. The number of nitrogens with zero attached hydrogens (tertiary/aromatic N) is 1. The Morgan fingerprint density at radius 2 is 1.92 bits per heavy atom. The minimum atomic E-state index is -0.0701. The van der Waals surface area contributed by atoms with E-state index in [-0.39, 0.29) is 17.7 Å². The summed E-state index contributed by atoms with van der Waals surface area (Å²) < 4.78 is 11.1. The number of hydrogen-bond acceptors (Lipinski definition) is 4. The highest BCUT2D eigenvalue weighted by Gasteiger charge is 2.44. The lowest BCUT2D eigenvalue weighted by Crippen LogP contribution is -2.16. The zero-order valence-electron chi connectivity index (χ0n) is 13.0. The largest absolute Gasteiger partial charge is 0.486 e. The van der Waals surface area contributed by atoms with Gasteiger partial charge in [0.1, 0.15) is 19.3 Å². The van der Waals surface area contributed by atoms with E-state index < -0.39 is 0 Å². The quantitative estimate of drug-likeness (QED) is 0.943. The average Bonchev–Trinajstić information content (AvgIpc) is 3.43. The highest BCUT2D eigenvalue weighted by Crippen LogP contribution is 2.49. The van der Waals surface area contributed by atoms with Crippen molar-refractivity contribution in [2.75, 3.05) is 18.5 Å². The molecular formula is C19H16N2O3. The molecule has 0 saturated heterocycles. The number of carbonyl (C=O) groups excluding carboxylic acids is 1. The van der Waals surface area contributed by atoms with Crippen molar-refractivity contribution >= 4 is 11.6 Å². The zero-order chi connectivity index (χ0) is 16.5. The standard InChI is InChI=1S/C19H16N2O3/c20-11-13-3-1-2-4-16(13)21-19(22)15-10-14(15)12-5-6-17-18(9-12)24-8-7-23-17/h1-6,9,14-15H,7-8,10H2,(H,21,22)/t14-,15-/m1/s1. The first-order valence-electron chi connectivity index (χ1n) is 7.96. The molecule has 1 aliphatic carbocycles. The van der Waals surface area contributed by atoms with Crippen molar-refractivity contribution in [2.45, 2.75) is 12.3 Å². The summed E-state index contributed by atoms with van der Waals surface area (Å²) in [4.78, 5) is 12.4. The number of amides is 1. The molecule has 2 aromatic carbocycles. The van der Waals surface area contributed by atoms with Crippen LogP contribution in [0.5, 0.6) is 11.5 Å². The van der Waals surface area contributed by atoms with Crippen molar-refractivity contribution in [3.8, 4) is 17.6 Å². The SMILES string of the molecule is N#Cc1ccccc1NC(=O)[C@@H]1C[C@@H]1c1ccc2c(c1)OCCO2. The van der Waals surface area contributed by atoms with Gasteiger partial charge in [-0.15, -0.1) is 0 Å². The van der Waals surface area contributed by atoms with E-state index in [1.165, 1.54) is 0 Å². The fraction of sp³-hybridized carbons (Fsp3) is 0.263. The van der Waals surface area contributed by atoms with Crippen molar-refractivity contribution in [1.29, 1.82) is 5.26 Å². The maximum absolute atomic E-state index is 12.4. The molecule has 5 heteroatoms. The molecule has 2 atom stereocenters. The van der Waals surface area contributed by atoms with Gasteiger partial charge in [0, 0.05) is 5.92 Å². The maximum Gasteiger partial charge on any atom is 0.228 e. The van der Waals surface area contributed by atoms with Gasteiger partial charge in [0.25, 0.3) is 0 Å².